The number of aromatic nitrogens is 2. The topological polar surface area (TPSA) is 25.8 Å². The lowest BCUT2D eigenvalue weighted by Crippen LogP contribution is -1.82. The fourth-order valence-corrected chi connectivity index (χ4v) is 2.31. The van der Waals surface area contributed by atoms with Gasteiger partial charge in [0.05, 0.1) is 0 Å². The van der Waals surface area contributed by atoms with Gasteiger partial charge in [-0.2, -0.15) is 0 Å². The molecule has 0 atom stereocenters. The Kier molecular flexibility index (Phi) is 3.16. The molecular formula is C10H7ClF2N2S. The first-order valence-corrected chi connectivity index (χ1v) is 5.65. The average Bonchev–Trinajstić information content (AvgIpc) is 2.66. The molecule has 1 aromatic carbocycles. The Morgan fingerprint density at radius 3 is 2.62 bits per heavy atom. The molecule has 1 heterocycles. The molecule has 6 heteroatoms. The van der Waals surface area contributed by atoms with Crippen LogP contribution in [0, 0.1) is 6.92 Å². The van der Waals surface area contributed by atoms with E-state index in [0.29, 0.717) is 10.0 Å². The third-order valence-electron chi connectivity index (χ3n) is 2.05. The van der Waals surface area contributed by atoms with Gasteiger partial charge in [-0.25, -0.2) is 8.78 Å². The van der Waals surface area contributed by atoms with E-state index >= 15 is 0 Å². The minimum absolute atomic E-state index is 0.260. The van der Waals surface area contributed by atoms with Crippen molar-refractivity contribution in [2.45, 2.75) is 13.3 Å². The summed E-state index contributed by atoms with van der Waals surface area (Å²) in [4.78, 5) is 0. The summed E-state index contributed by atoms with van der Waals surface area (Å²) in [7, 11) is 0. The lowest BCUT2D eigenvalue weighted by molar-refractivity contribution is 0.150. The lowest BCUT2D eigenvalue weighted by atomic mass is 10.1. The Labute approximate surface area is 99.9 Å². The SMILES string of the molecule is Cc1cc(Cl)ccc1-c1nnc(C(F)F)s1. The molecule has 2 nitrogen and oxygen atoms in total. The smallest absolute Gasteiger partial charge is 0.202 e. The van der Waals surface area contributed by atoms with Crippen LogP contribution in [0.5, 0.6) is 0 Å². The van der Waals surface area contributed by atoms with E-state index in [1.807, 2.05) is 6.92 Å². The predicted molar refractivity (Wildman–Crippen MR) is 60.0 cm³/mol. The van der Waals surface area contributed by atoms with E-state index < -0.39 is 6.43 Å². The van der Waals surface area contributed by atoms with Crippen molar-refractivity contribution in [3.05, 3.63) is 33.8 Å². The number of halogens is 3. The predicted octanol–water partition coefficient (Wildman–Crippen LogP) is 4.10. The standard InChI is InChI=1S/C10H7ClF2N2S/c1-5-4-6(11)2-3-7(5)9-14-15-10(16-9)8(12)13/h2-4,8H,1H3. The van der Waals surface area contributed by atoms with Crippen molar-refractivity contribution in [1.29, 1.82) is 0 Å². The van der Waals surface area contributed by atoms with Crippen molar-refractivity contribution < 1.29 is 8.78 Å². The van der Waals surface area contributed by atoms with Crippen LogP contribution in [0.2, 0.25) is 5.02 Å². The van der Waals surface area contributed by atoms with E-state index in [4.69, 9.17) is 11.6 Å². The number of aryl methyl sites for hydroxylation is 1. The van der Waals surface area contributed by atoms with Crippen LogP contribution in [-0.2, 0) is 0 Å². The van der Waals surface area contributed by atoms with Gasteiger partial charge in [0.2, 0.25) is 0 Å². The van der Waals surface area contributed by atoms with E-state index in [1.165, 1.54) is 0 Å². The molecule has 0 spiro atoms. The largest absolute Gasteiger partial charge is 0.291 e. The molecule has 0 unspecified atom stereocenters. The molecule has 0 aliphatic rings. The minimum Gasteiger partial charge on any atom is -0.202 e. The van der Waals surface area contributed by atoms with Crippen LogP contribution in [0.4, 0.5) is 8.78 Å². The molecule has 0 N–H and O–H groups in total. The molecule has 1 aromatic heterocycles. The number of alkyl halides is 2. The third-order valence-corrected chi connectivity index (χ3v) is 3.25. The molecule has 0 fully saturated rings. The fourth-order valence-electron chi connectivity index (χ4n) is 1.30. The van der Waals surface area contributed by atoms with Crippen LogP contribution in [0.25, 0.3) is 10.6 Å². The summed E-state index contributed by atoms with van der Waals surface area (Å²) < 4.78 is 24.7. The zero-order chi connectivity index (χ0) is 11.7. The Balaban J connectivity index is 2.42. The Bertz CT molecular complexity index is 513. The van der Waals surface area contributed by atoms with Gasteiger partial charge >= 0.3 is 0 Å². The lowest BCUT2D eigenvalue weighted by Gasteiger charge is -2.01. The maximum absolute atomic E-state index is 12.3. The molecule has 0 saturated carbocycles. The van der Waals surface area contributed by atoms with Crippen molar-refractivity contribution >= 4 is 22.9 Å². The molecule has 2 aromatic rings. The van der Waals surface area contributed by atoms with Gasteiger partial charge in [0.15, 0.2) is 5.01 Å². The zero-order valence-electron chi connectivity index (χ0n) is 8.25. The Morgan fingerprint density at radius 1 is 1.31 bits per heavy atom. The van der Waals surface area contributed by atoms with Crippen molar-refractivity contribution in [2.24, 2.45) is 0 Å². The quantitative estimate of drug-likeness (QED) is 0.812. The highest BCUT2D eigenvalue weighted by atomic mass is 35.5. The van der Waals surface area contributed by atoms with Crippen LogP contribution in [-0.4, -0.2) is 10.2 Å². The maximum Gasteiger partial charge on any atom is 0.291 e. The van der Waals surface area contributed by atoms with Crippen LogP contribution in [0.1, 0.15) is 17.0 Å². The Hall–Kier alpha value is -1.07. The second-order valence-corrected chi connectivity index (χ2v) is 4.65. The molecule has 16 heavy (non-hydrogen) atoms. The molecule has 0 saturated heterocycles. The molecule has 0 aliphatic heterocycles. The van der Waals surface area contributed by atoms with Gasteiger partial charge in [0.1, 0.15) is 5.01 Å². The van der Waals surface area contributed by atoms with Crippen LogP contribution in [0.15, 0.2) is 18.2 Å². The van der Waals surface area contributed by atoms with Crippen molar-refractivity contribution in [3.63, 3.8) is 0 Å². The van der Waals surface area contributed by atoms with Gasteiger partial charge in [-0.3, -0.25) is 0 Å². The van der Waals surface area contributed by atoms with Crippen LogP contribution < -0.4 is 0 Å². The molecule has 84 valence electrons. The number of nitrogens with zero attached hydrogens (tertiary/aromatic N) is 2. The van der Waals surface area contributed by atoms with E-state index in [1.54, 1.807) is 18.2 Å². The number of hydrogen-bond acceptors (Lipinski definition) is 3. The van der Waals surface area contributed by atoms with Crippen LogP contribution >= 0.6 is 22.9 Å². The summed E-state index contributed by atoms with van der Waals surface area (Å²) in [6.07, 6.45) is -2.57. The summed E-state index contributed by atoms with van der Waals surface area (Å²) >= 11 is 6.71. The monoisotopic (exact) mass is 260 g/mol. The van der Waals surface area contributed by atoms with Crippen molar-refractivity contribution in [1.82, 2.24) is 10.2 Å². The molecule has 0 radical (unpaired) electrons. The minimum atomic E-state index is -2.57. The van der Waals surface area contributed by atoms with Gasteiger partial charge < -0.3 is 0 Å². The van der Waals surface area contributed by atoms with E-state index in [0.717, 1.165) is 22.5 Å². The number of rotatable bonds is 2. The molecule has 0 amide bonds. The second-order valence-electron chi connectivity index (χ2n) is 3.21. The summed E-state index contributed by atoms with van der Waals surface area (Å²) in [6.45, 7) is 1.85. The first kappa shape index (κ1) is 11.4. The highest BCUT2D eigenvalue weighted by Crippen LogP contribution is 2.31. The van der Waals surface area contributed by atoms with Crippen molar-refractivity contribution in [2.75, 3.05) is 0 Å². The summed E-state index contributed by atoms with van der Waals surface area (Å²) in [5.41, 5.74) is 1.68. The van der Waals surface area contributed by atoms with Gasteiger partial charge in [-0.1, -0.05) is 29.0 Å². The van der Waals surface area contributed by atoms with Gasteiger partial charge in [0.25, 0.3) is 6.43 Å². The summed E-state index contributed by atoms with van der Waals surface area (Å²) in [5, 5.41) is 8.03. The number of benzene rings is 1. The molecule has 0 bridgehead atoms. The average molecular weight is 261 g/mol. The van der Waals surface area contributed by atoms with Crippen molar-refractivity contribution in [3.8, 4) is 10.6 Å². The number of hydrogen-bond donors (Lipinski definition) is 0. The van der Waals surface area contributed by atoms with Gasteiger partial charge in [-0.05, 0) is 24.6 Å². The zero-order valence-corrected chi connectivity index (χ0v) is 9.82. The maximum atomic E-state index is 12.3. The molecular weight excluding hydrogens is 254 g/mol. The second kappa shape index (κ2) is 4.43. The first-order valence-electron chi connectivity index (χ1n) is 4.46. The fraction of sp³-hybridized carbons (Fsp3) is 0.200. The summed E-state index contributed by atoms with van der Waals surface area (Å²) in [6, 6.07) is 5.22. The van der Waals surface area contributed by atoms with Gasteiger partial charge in [0, 0.05) is 10.6 Å². The highest BCUT2D eigenvalue weighted by Gasteiger charge is 2.15. The first-order chi connectivity index (χ1) is 7.58. The Morgan fingerprint density at radius 2 is 2.06 bits per heavy atom. The highest BCUT2D eigenvalue weighted by molar-refractivity contribution is 7.14. The van der Waals surface area contributed by atoms with E-state index in [9.17, 15) is 8.78 Å². The molecule has 2 rings (SSSR count). The molecule has 0 aliphatic carbocycles. The normalized spacial score (nSPS) is 11.1. The van der Waals surface area contributed by atoms with E-state index in [2.05, 4.69) is 10.2 Å². The van der Waals surface area contributed by atoms with E-state index in [-0.39, 0.29) is 5.01 Å². The third kappa shape index (κ3) is 2.20. The van der Waals surface area contributed by atoms with Crippen LogP contribution in [0.3, 0.4) is 0 Å². The summed E-state index contributed by atoms with van der Waals surface area (Å²) in [5.74, 6) is 0. The van der Waals surface area contributed by atoms with Gasteiger partial charge in [-0.15, -0.1) is 10.2 Å².